The zero-order valence-corrected chi connectivity index (χ0v) is 8.02. The zero-order chi connectivity index (χ0) is 9.35. The van der Waals surface area contributed by atoms with Crippen LogP contribution >= 0.6 is 0 Å². The van der Waals surface area contributed by atoms with Crippen molar-refractivity contribution in [1.82, 2.24) is 0 Å². The molecule has 1 saturated carbocycles. The number of hydrogen-bond donors (Lipinski definition) is 0. The van der Waals surface area contributed by atoms with Gasteiger partial charge in [0.15, 0.2) is 0 Å². The van der Waals surface area contributed by atoms with Gasteiger partial charge in [-0.3, -0.25) is 9.59 Å². The van der Waals surface area contributed by atoms with Crippen molar-refractivity contribution in [2.45, 2.75) is 40.0 Å². The average Bonchev–Trinajstić information content (AvgIpc) is 2.32. The van der Waals surface area contributed by atoms with E-state index in [0.29, 0.717) is 12.8 Å². The Balaban J connectivity index is 2.61. The lowest BCUT2D eigenvalue weighted by atomic mass is 9.82. The molecule has 1 fully saturated rings. The first-order valence-corrected chi connectivity index (χ1v) is 4.47. The molecule has 0 spiro atoms. The maximum Gasteiger partial charge on any atom is 0.141 e. The molecular weight excluding hydrogens is 152 g/mol. The van der Waals surface area contributed by atoms with E-state index in [1.807, 2.05) is 20.8 Å². The van der Waals surface area contributed by atoms with Crippen molar-refractivity contribution < 1.29 is 9.59 Å². The minimum absolute atomic E-state index is 0.0116. The van der Waals surface area contributed by atoms with Crippen molar-refractivity contribution in [3.05, 3.63) is 0 Å². The van der Waals surface area contributed by atoms with Gasteiger partial charge in [0.25, 0.3) is 0 Å². The lowest BCUT2D eigenvalue weighted by Gasteiger charge is -2.20. The molecule has 2 heteroatoms. The molecule has 0 heterocycles. The number of rotatable bonds is 1. The van der Waals surface area contributed by atoms with E-state index in [1.54, 1.807) is 0 Å². The van der Waals surface area contributed by atoms with E-state index in [4.69, 9.17) is 0 Å². The Morgan fingerprint density at radius 3 is 2.33 bits per heavy atom. The molecule has 0 aromatic carbocycles. The van der Waals surface area contributed by atoms with E-state index in [9.17, 15) is 9.59 Å². The van der Waals surface area contributed by atoms with Crippen LogP contribution in [-0.2, 0) is 9.59 Å². The Kier molecular flexibility index (Phi) is 2.36. The normalized spacial score (nSPS) is 24.6. The Morgan fingerprint density at radius 2 is 2.00 bits per heavy atom. The second kappa shape index (κ2) is 3.00. The molecular formula is C10H16O2. The molecule has 1 rings (SSSR count). The van der Waals surface area contributed by atoms with E-state index < -0.39 is 0 Å². The van der Waals surface area contributed by atoms with Crippen LogP contribution in [0.5, 0.6) is 0 Å². The summed E-state index contributed by atoms with van der Waals surface area (Å²) in [5.41, 5.74) is -0.282. The molecule has 0 amide bonds. The maximum atomic E-state index is 11.7. The number of hydrogen-bond acceptors (Lipinski definition) is 2. The van der Waals surface area contributed by atoms with Gasteiger partial charge in [-0.05, 0) is 6.42 Å². The first-order valence-electron chi connectivity index (χ1n) is 4.47. The highest BCUT2D eigenvalue weighted by atomic mass is 16.1. The summed E-state index contributed by atoms with van der Waals surface area (Å²) in [5.74, 6) is 0.503. The molecule has 1 aliphatic rings. The van der Waals surface area contributed by atoms with Crippen molar-refractivity contribution in [1.29, 1.82) is 0 Å². The fourth-order valence-corrected chi connectivity index (χ4v) is 1.65. The highest BCUT2D eigenvalue weighted by molar-refractivity contribution is 5.93. The van der Waals surface area contributed by atoms with Crippen LogP contribution in [0.4, 0.5) is 0 Å². The minimum Gasteiger partial charge on any atom is -0.300 e. The highest BCUT2D eigenvalue weighted by Crippen LogP contribution is 2.30. The molecule has 2 nitrogen and oxygen atoms in total. The van der Waals surface area contributed by atoms with Gasteiger partial charge in [-0.25, -0.2) is 0 Å². The third-order valence-corrected chi connectivity index (χ3v) is 2.36. The molecule has 0 saturated heterocycles. The fourth-order valence-electron chi connectivity index (χ4n) is 1.65. The van der Waals surface area contributed by atoms with Crippen LogP contribution in [0.15, 0.2) is 0 Å². The maximum absolute atomic E-state index is 11.7. The summed E-state index contributed by atoms with van der Waals surface area (Å²) in [5, 5.41) is 0. The quantitative estimate of drug-likeness (QED) is 0.600. The predicted molar refractivity (Wildman–Crippen MR) is 46.8 cm³/mol. The largest absolute Gasteiger partial charge is 0.300 e. The molecule has 0 bridgehead atoms. The van der Waals surface area contributed by atoms with Gasteiger partial charge in [0.05, 0.1) is 0 Å². The van der Waals surface area contributed by atoms with Crippen LogP contribution in [0.3, 0.4) is 0 Å². The Bertz CT molecular complexity index is 210. The fraction of sp³-hybridized carbons (Fsp3) is 0.800. The molecule has 0 radical (unpaired) electrons. The van der Waals surface area contributed by atoms with Crippen LogP contribution in [0.1, 0.15) is 40.0 Å². The molecule has 0 N–H and O–H groups in total. The van der Waals surface area contributed by atoms with Crippen LogP contribution in [-0.4, -0.2) is 11.6 Å². The van der Waals surface area contributed by atoms with E-state index in [-0.39, 0.29) is 22.9 Å². The van der Waals surface area contributed by atoms with Crippen molar-refractivity contribution in [3.8, 4) is 0 Å². The molecule has 0 aliphatic heterocycles. The molecule has 1 aliphatic carbocycles. The van der Waals surface area contributed by atoms with Crippen LogP contribution < -0.4 is 0 Å². The zero-order valence-electron chi connectivity index (χ0n) is 8.02. The Hall–Kier alpha value is -0.660. The number of carbonyl (C=O) groups excluding carboxylic acids is 2. The van der Waals surface area contributed by atoms with Crippen LogP contribution in [0.2, 0.25) is 0 Å². The summed E-state index contributed by atoms with van der Waals surface area (Å²) in [6, 6.07) is 0. The minimum atomic E-state index is -0.282. The summed E-state index contributed by atoms with van der Waals surface area (Å²) in [6.07, 6.45) is 1.86. The average molecular weight is 168 g/mol. The predicted octanol–water partition coefficient (Wildman–Crippen LogP) is 1.97. The van der Waals surface area contributed by atoms with E-state index in [1.165, 1.54) is 0 Å². The molecule has 0 aromatic rings. The number of carbonyl (C=O) groups is 2. The van der Waals surface area contributed by atoms with Gasteiger partial charge < -0.3 is 0 Å². The summed E-state index contributed by atoms with van der Waals surface area (Å²) >= 11 is 0. The summed E-state index contributed by atoms with van der Waals surface area (Å²) in [4.78, 5) is 22.6. The van der Waals surface area contributed by atoms with Crippen LogP contribution in [0, 0.1) is 11.3 Å². The van der Waals surface area contributed by atoms with Crippen molar-refractivity contribution in [2.75, 3.05) is 0 Å². The molecule has 1 atom stereocenters. The monoisotopic (exact) mass is 168 g/mol. The summed E-state index contributed by atoms with van der Waals surface area (Å²) in [6.45, 7) is 5.74. The second-order valence-corrected chi connectivity index (χ2v) is 4.59. The number of Topliss-reactive ketones (excluding diaryl/α,β-unsaturated/α-hetero) is 2. The smallest absolute Gasteiger partial charge is 0.141 e. The molecule has 68 valence electrons. The first-order chi connectivity index (χ1) is 5.41. The topological polar surface area (TPSA) is 34.1 Å². The Labute approximate surface area is 73.3 Å². The van der Waals surface area contributed by atoms with Gasteiger partial charge in [-0.15, -0.1) is 0 Å². The molecule has 12 heavy (non-hydrogen) atoms. The van der Waals surface area contributed by atoms with Crippen molar-refractivity contribution in [2.24, 2.45) is 11.3 Å². The third kappa shape index (κ3) is 1.93. The second-order valence-electron chi connectivity index (χ2n) is 4.59. The molecule has 0 unspecified atom stereocenters. The van der Waals surface area contributed by atoms with Gasteiger partial charge in [-0.2, -0.15) is 0 Å². The van der Waals surface area contributed by atoms with Gasteiger partial charge in [0.2, 0.25) is 0 Å². The van der Waals surface area contributed by atoms with E-state index >= 15 is 0 Å². The molecule has 0 aromatic heterocycles. The van der Waals surface area contributed by atoms with Gasteiger partial charge in [0, 0.05) is 24.2 Å². The SMILES string of the molecule is CC(C)(C)C(=O)[C@@H]1CCC(=O)C1. The van der Waals surface area contributed by atoms with Crippen LogP contribution in [0.25, 0.3) is 0 Å². The van der Waals surface area contributed by atoms with Crippen molar-refractivity contribution in [3.63, 3.8) is 0 Å². The van der Waals surface area contributed by atoms with Gasteiger partial charge >= 0.3 is 0 Å². The van der Waals surface area contributed by atoms with Gasteiger partial charge in [-0.1, -0.05) is 20.8 Å². The first kappa shape index (κ1) is 9.43. The van der Waals surface area contributed by atoms with Crippen molar-refractivity contribution >= 4 is 11.6 Å². The lowest BCUT2D eigenvalue weighted by molar-refractivity contribution is -0.131. The summed E-state index contributed by atoms with van der Waals surface area (Å²) < 4.78 is 0. The third-order valence-electron chi connectivity index (χ3n) is 2.36. The van der Waals surface area contributed by atoms with E-state index in [2.05, 4.69) is 0 Å². The van der Waals surface area contributed by atoms with Gasteiger partial charge in [0.1, 0.15) is 11.6 Å². The Morgan fingerprint density at radius 1 is 1.42 bits per heavy atom. The number of ketones is 2. The highest BCUT2D eigenvalue weighted by Gasteiger charge is 2.34. The lowest BCUT2D eigenvalue weighted by Crippen LogP contribution is -2.26. The summed E-state index contributed by atoms with van der Waals surface area (Å²) in [7, 11) is 0. The standard InChI is InChI=1S/C10H16O2/c1-10(2,3)9(12)7-4-5-8(11)6-7/h7H,4-6H2,1-3H3/t7-/m1/s1. The van der Waals surface area contributed by atoms with E-state index in [0.717, 1.165) is 6.42 Å².